The largest absolute Gasteiger partial charge is 0.368 e. The number of aryl methyl sites for hydroxylation is 2. The number of para-hydroxylation sites is 1. The first kappa shape index (κ1) is 31.0. The number of anilines is 3. The van der Waals surface area contributed by atoms with Gasteiger partial charge in [-0.1, -0.05) is 43.9 Å². The smallest absolute Gasteiger partial charge is 0.265 e. The molecule has 1 aliphatic carbocycles. The van der Waals surface area contributed by atoms with Gasteiger partial charge < -0.3 is 15.1 Å². The molecule has 1 amide bonds. The molecule has 228 valence electrons. The fourth-order valence-corrected chi connectivity index (χ4v) is 7.27. The Morgan fingerprint density at radius 3 is 2.35 bits per heavy atom. The molecular weight excluding hydrogens is 554 g/mol. The summed E-state index contributed by atoms with van der Waals surface area (Å²) >= 11 is 1.48. The number of thiophene rings is 1. The van der Waals surface area contributed by atoms with Gasteiger partial charge in [0.1, 0.15) is 5.78 Å². The molecule has 2 heterocycles. The molecule has 1 N–H and O–H groups in total. The highest BCUT2D eigenvalue weighted by Gasteiger charge is 2.23. The van der Waals surface area contributed by atoms with Gasteiger partial charge in [0.2, 0.25) is 0 Å². The van der Waals surface area contributed by atoms with Crippen molar-refractivity contribution in [3.63, 3.8) is 0 Å². The van der Waals surface area contributed by atoms with Crippen LogP contribution in [0.2, 0.25) is 0 Å². The Hall–Kier alpha value is -3.45. The van der Waals surface area contributed by atoms with Crippen LogP contribution in [0.1, 0.15) is 94.7 Å². The summed E-state index contributed by atoms with van der Waals surface area (Å²) in [7, 11) is 0. The van der Waals surface area contributed by atoms with Crippen LogP contribution in [0.4, 0.5) is 17.1 Å². The predicted octanol–water partition coefficient (Wildman–Crippen LogP) is 8.23. The summed E-state index contributed by atoms with van der Waals surface area (Å²) in [5, 5.41) is 3.14. The van der Waals surface area contributed by atoms with Crippen molar-refractivity contribution < 1.29 is 14.4 Å². The molecule has 2 fully saturated rings. The van der Waals surface area contributed by atoms with E-state index >= 15 is 0 Å². The van der Waals surface area contributed by atoms with Gasteiger partial charge in [0.15, 0.2) is 5.78 Å². The minimum Gasteiger partial charge on any atom is -0.368 e. The number of carbonyl (C=O) groups is 3. The van der Waals surface area contributed by atoms with Gasteiger partial charge >= 0.3 is 0 Å². The van der Waals surface area contributed by atoms with Crippen LogP contribution in [-0.4, -0.2) is 43.7 Å². The van der Waals surface area contributed by atoms with E-state index < -0.39 is 0 Å². The van der Waals surface area contributed by atoms with E-state index in [0.29, 0.717) is 34.2 Å². The highest BCUT2D eigenvalue weighted by atomic mass is 32.1. The Kier molecular flexibility index (Phi) is 10.7. The summed E-state index contributed by atoms with van der Waals surface area (Å²) in [6.45, 7) is 7.59. The van der Waals surface area contributed by atoms with Gasteiger partial charge in [-0.2, -0.15) is 0 Å². The fourth-order valence-electron chi connectivity index (χ4n) is 6.51. The van der Waals surface area contributed by atoms with Crippen molar-refractivity contribution in [2.45, 2.75) is 78.1 Å². The van der Waals surface area contributed by atoms with E-state index in [-0.39, 0.29) is 11.7 Å². The van der Waals surface area contributed by atoms with Crippen LogP contribution in [0.3, 0.4) is 0 Å². The summed E-state index contributed by atoms with van der Waals surface area (Å²) in [5.41, 5.74) is 4.87. The molecule has 1 atom stereocenters. The van der Waals surface area contributed by atoms with Gasteiger partial charge in [0.05, 0.1) is 16.3 Å². The maximum atomic E-state index is 13.2. The normalized spacial score (nSPS) is 17.3. The monoisotopic (exact) mass is 599 g/mol. The van der Waals surface area contributed by atoms with Gasteiger partial charge in [-0.3, -0.25) is 14.4 Å². The molecule has 1 saturated carbocycles. The lowest BCUT2D eigenvalue weighted by molar-refractivity contribution is -0.121. The van der Waals surface area contributed by atoms with Crippen molar-refractivity contribution in [2.24, 2.45) is 5.92 Å². The molecule has 1 aromatic heterocycles. The van der Waals surface area contributed by atoms with E-state index in [1.807, 2.05) is 37.3 Å². The molecule has 7 heteroatoms. The zero-order valence-electron chi connectivity index (χ0n) is 25.7. The maximum Gasteiger partial charge on any atom is 0.265 e. The number of piperazine rings is 1. The second-order valence-corrected chi connectivity index (χ2v) is 13.5. The topological polar surface area (TPSA) is 69.7 Å². The molecular formula is C36H45N3O3S. The standard InChI is InChI=1S/C36H45N3O3S/c1-26-10-7-8-14-32(26)38-20-22-39(23-21-38)33-18-17-29(25-31(33)37-36(42)35-19-16-27(2)43-35)34(41)15-6-4-3-5-11-28-12-9-13-30(40)24-28/h7-8,10,14,16-19,25,28H,3-6,9,11-13,15,20-24H2,1-2H3,(H,37,42). The number of nitrogens with zero attached hydrogens (tertiary/aromatic N) is 2. The van der Waals surface area contributed by atoms with E-state index in [1.165, 1.54) is 29.0 Å². The van der Waals surface area contributed by atoms with Crippen molar-refractivity contribution in [3.05, 3.63) is 75.5 Å². The summed E-state index contributed by atoms with van der Waals surface area (Å²) in [5.74, 6) is 0.982. The number of Topliss-reactive ketones (excluding diaryl/α,β-unsaturated/α-hetero) is 2. The van der Waals surface area contributed by atoms with Crippen LogP contribution >= 0.6 is 11.3 Å². The SMILES string of the molecule is Cc1ccc(C(=O)Nc2cc(C(=O)CCCCCCC3CCCC(=O)C3)ccc2N2CCN(c3ccccc3C)CC2)s1. The van der Waals surface area contributed by atoms with E-state index in [2.05, 4.69) is 46.3 Å². The molecule has 5 rings (SSSR count). The summed E-state index contributed by atoms with van der Waals surface area (Å²) in [4.78, 5) is 44.6. The lowest BCUT2D eigenvalue weighted by Gasteiger charge is -2.38. The Bertz CT molecular complexity index is 1420. The zero-order chi connectivity index (χ0) is 30.2. The first-order valence-electron chi connectivity index (χ1n) is 16.0. The highest BCUT2D eigenvalue weighted by molar-refractivity contribution is 7.14. The van der Waals surface area contributed by atoms with Gasteiger partial charge in [-0.05, 0) is 81.0 Å². The Morgan fingerprint density at radius 2 is 1.63 bits per heavy atom. The molecule has 0 spiro atoms. The van der Waals surface area contributed by atoms with Gasteiger partial charge in [-0.25, -0.2) is 0 Å². The first-order valence-corrected chi connectivity index (χ1v) is 16.8. The number of unbranched alkanes of at least 4 members (excludes halogenated alkanes) is 3. The summed E-state index contributed by atoms with van der Waals surface area (Å²) in [6, 6.07) is 18.1. The van der Waals surface area contributed by atoms with Crippen molar-refractivity contribution in [3.8, 4) is 0 Å². The zero-order valence-corrected chi connectivity index (χ0v) is 26.5. The first-order chi connectivity index (χ1) is 20.9. The van der Waals surface area contributed by atoms with Gasteiger partial charge in [0, 0.05) is 61.6 Å². The predicted molar refractivity (Wildman–Crippen MR) is 178 cm³/mol. The van der Waals surface area contributed by atoms with Crippen molar-refractivity contribution in [2.75, 3.05) is 41.3 Å². The van der Waals surface area contributed by atoms with Crippen LogP contribution in [0.25, 0.3) is 0 Å². The minimum atomic E-state index is -0.137. The lowest BCUT2D eigenvalue weighted by atomic mass is 9.85. The number of rotatable bonds is 12. The number of benzene rings is 2. The molecule has 43 heavy (non-hydrogen) atoms. The van der Waals surface area contributed by atoms with E-state index in [4.69, 9.17) is 0 Å². The van der Waals surface area contributed by atoms with Crippen LogP contribution in [0.15, 0.2) is 54.6 Å². The van der Waals surface area contributed by atoms with Gasteiger partial charge in [-0.15, -0.1) is 11.3 Å². The van der Waals surface area contributed by atoms with Gasteiger partial charge in [0.25, 0.3) is 5.91 Å². The highest BCUT2D eigenvalue weighted by Crippen LogP contribution is 2.32. The third kappa shape index (κ3) is 8.35. The minimum absolute atomic E-state index is 0.122. The molecule has 2 aliphatic rings. The Labute approximate surface area is 260 Å². The molecule has 0 radical (unpaired) electrons. The number of nitrogens with one attached hydrogen (secondary N) is 1. The number of ketones is 2. The maximum absolute atomic E-state index is 13.2. The lowest BCUT2D eigenvalue weighted by Crippen LogP contribution is -2.47. The second kappa shape index (κ2) is 14.8. The van der Waals surface area contributed by atoms with E-state index in [9.17, 15) is 14.4 Å². The number of carbonyl (C=O) groups excluding carboxylic acids is 3. The Balaban J connectivity index is 1.20. The molecule has 2 aromatic carbocycles. The molecule has 1 saturated heterocycles. The number of hydrogen-bond donors (Lipinski definition) is 1. The quantitative estimate of drug-likeness (QED) is 0.168. The molecule has 3 aromatic rings. The van der Waals surface area contributed by atoms with E-state index in [0.717, 1.165) is 88.1 Å². The van der Waals surface area contributed by atoms with Crippen LogP contribution in [-0.2, 0) is 4.79 Å². The van der Waals surface area contributed by atoms with Crippen molar-refractivity contribution >= 4 is 45.9 Å². The third-order valence-electron chi connectivity index (χ3n) is 8.96. The number of hydrogen-bond acceptors (Lipinski definition) is 6. The summed E-state index contributed by atoms with van der Waals surface area (Å²) < 4.78 is 0. The second-order valence-electron chi connectivity index (χ2n) is 12.2. The number of amides is 1. The van der Waals surface area contributed by atoms with Crippen LogP contribution in [0.5, 0.6) is 0 Å². The summed E-state index contributed by atoms with van der Waals surface area (Å²) in [6.07, 6.45) is 9.54. The van der Waals surface area contributed by atoms with E-state index in [1.54, 1.807) is 0 Å². The van der Waals surface area contributed by atoms with Crippen LogP contribution < -0.4 is 15.1 Å². The van der Waals surface area contributed by atoms with Crippen molar-refractivity contribution in [1.29, 1.82) is 0 Å². The van der Waals surface area contributed by atoms with Crippen LogP contribution in [0, 0.1) is 19.8 Å². The average Bonchev–Trinajstić information content (AvgIpc) is 3.45. The molecule has 1 unspecified atom stereocenters. The molecule has 6 nitrogen and oxygen atoms in total. The van der Waals surface area contributed by atoms with Crippen molar-refractivity contribution in [1.82, 2.24) is 0 Å². The molecule has 1 aliphatic heterocycles. The molecule has 0 bridgehead atoms. The fraction of sp³-hybridized carbons (Fsp3) is 0.472. The average molecular weight is 600 g/mol. The third-order valence-corrected chi connectivity index (χ3v) is 9.96. The Morgan fingerprint density at radius 1 is 0.884 bits per heavy atom.